The van der Waals surface area contributed by atoms with Crippen molar-refractivity contribution < 1.29 is 23.1 Å². The van der Waals surface area contributed by atoms with Crippen molar-refractivity contribution in [3.8, 4) is 5.75 Å². The normalized spacial score (nSPS) is 17.5. The molecule has 11 heteroatoms. The highest BCUT2D eigenvalue weighted by Crippen LogP contribution is 2.32. The second kappa shape index (κ2) is 13.8. The minimum atomic E-state index is -2.32. The van der Waals surface area contributed by atoms with Crippen molar-refractivity contribution in [2.45, 2.75) is 32.4 Å². The molecule has 2 aromatic carbocycles. The highest BCUT2D eigenvalue weighted by atomic mass is 32.2. The van der Waals surface area contributed by atoms with Crippen LogP contribution in [0.2, 0.25) is 0 Å². The fourth-order valence-electron chi connectivity index (χ4n) is 4.65. The predicted molar refractivity (Wildman–Crippen MR) is 152 cm³/mol. The Kier molecular flexibility index (Phi) is 10.2. The Balaban J connectivity index is 1.50. The fraction of sp³-hybridized carbons (Fsp3) is 0.429. The van der Waals surface area contributed by atoms with Gasteiger partial charge in [0.25, 0.3) is 5.91 Å². The van der Waals surface area contributed by atoms with Crippen LogP contribution in [0.15, 0.2) is 65.2 Å². The zero-order chi connectivity index (χ0) is 27.8. The van der Waals surface area contributed by atoms with E-state index < -0.39 is 10.9 Å². The molecular formula is C28H37N5O5S. The number of pyridine rings is 1. The number of aliphatic hydroxyl groups excluding tert-OH is 1. The molecule has 1 amide bonds. The molecule has 1 aliphatic rings. The molecule has 1 fully saturated rings. The average Bonchev–Trinajstić information content (AvgIpc) is 3.38. The first-order valence-corrected chi connectivity index (χ1v) is 14.4. The third-order valence-corrected chi connectivity index (χ3v) is 7.61. The Hall–Kier alpha value is -3.09. The Bertz CT molecular complexity index is 1330. The highest BCUT2D eigenvalue weighted by Gasteiger charge is 2.28. The molecule has 10 nitrogen and oxygen atoms in total. The quantitative estimate of drug-likeness (QED) is 0.259. The molecule has 3 atom stereocenters. The van der Waals surface area contributed by atoms with E-state index in [1.165, 1.54) is 0 Å². The molecular weight excluding hydrogens is 518 g/mol. The standard InChI is InChI=1S/C28H37N5O5S/c1-4-33(5-2)38-39(36)30-24-13-14-26(23-12-9-16-29-28(23)24)37-20-27(35)31(3)25(21-10-7-6-8-11-21)19-32-17-15-22(34)18-32/h6-14,16,22,25,34,39H,4-5,15,17-20H2,1-3H3/t22-,25?/m0/s1. The molecule has 1 aliphatic heterocycles. The van der Waals surface area contributed by atoms with Gasteiger partial charge in [0.2, 0.25) is 0 Å². The van der Waals surface area contributed by atoms with Gasteiger partial charge in [-0.2, -0.15) is 13.7 Å². The van der Waals surface area contributed by atoms with Crippen molar-refractivity contribution in [2.75, 3.05) is 46.4 Å². The third-order valence-electron chi connectivity index (χ3n) is 6.86. The summed E-state index contributed by atoms with van der Waals surface area (Å²) in [6, 6.07) is 16.7. The number of thiol groups is 1. The zero-order valence-electron chi connectivity index (χ0n) is 22.6. The van der Waals surface area contributed by atoms with Gasteiger partial charge in [0.1, 0.15) is 17.0 Å². The summed E-state index contributed by atoms with van der Waals surface area (Å²) in [4.78, 5) is 21.6. The topological polar surface area (TPSA) is 108 Å². The number of likely N-dealkylation sites (N-methyl/N-ethyl adjacent to an activating group) is 1. The largest absolute Gasteiger partial charge is 0.483 e. The van der Waals surface area contributed by atoms with Crippen LogP contribution in [0.1, 0.15) is 31.9 Å². The minimum absolute atomic E-state index is 0.164. The number of hydrogen-bond donors (Lipinski definition) is 2. The number of carbonyl (C=O) groups excluding carboxylic acids is 1. The number of rotatable bonds is 12. The van der Waals surface area contributed by atoms with Crippen molar-refractivity contribution in [3.63, 3.8) is 0 Å². The van der Waals surface area contributed by atoms with Crippen molar-refractivity contribution in [2.24, 2.45) is 4.36 Å². The third kappa shape index (κ3) is 7.52. The van der Waals surface area contributed by atoms with E-state index in [4.69, 9.17) is 9.02 Å². The Morgan fingerprint density at radius 1 is 1.18 bits per heavy atom. The summed E-state index contributed by atoms with van der Waals surface area (Å²) in [6.45, 7) is 6.86. The minimum Gasteiger partial charge on any atom is -0.483 e. The number of aliphatic hydroxyl groups is 1. The maximum Gasteiger partial charge on any atom is 0.260 e. The van der Waals surface area contributed by atoms with Crippen LogP contribution in [-0.2, 0) is 20.0 Å². The number of β-amino-alcohol motifs (C(OH)–C–C–N with tert-alkyl or cyclic N) is 1. The smallest absolute Gasteiger partial charge is 0.260 e. The Morgan fingerprint density at radius 3 is 2.64 bits per heavy atom. The summed E-state index contributed by atoms with van der Waals surface area (Å²) >= 11 is 0. The summed E-state index contributed by atoms with van der Waals surface area (Å²) in [5, 5.41) is 12.2. The summed E-state index contributed by atoms with van der Waals surface area (Å²) < 4.78 is 28.1. The molecule has 2 unspecified atom stereocenters. The zero-order valence-corrected chi connectivity index (χ0v) is 23.5. The maximum atomic E-state index is 13.3. The van der Waals surface area contributed by atoms with E-state index in [2.05, 4.69) is 14.2 Å². The summed E-state index contributed by atoms with van der Waals surface area (Å²) in [7, 11) is -0.535. The molecule has 0 aliphatic carbocycles. The van der Waals surface area contributed by atoms with Crippen LogP contribution in [0, 0.1) is 0 Å². The van der Waals surface area contributed by atoms with Crippen molar-refractivity contribution in [1.82, 2.24) is 19.8 Å². The SMILES string of the molecule is CCN(CC)O[SH](=O)=Nc1ccc(OCC(=O)N(C)C(CN2CC[C@H](O)C2)c2ccccc2)c2cccnc12. The number of hydroxylamine groups is 2. The molecule has 1 N–H and O–H groups in total. The van der Waals surface area contributed by atoms with Gasteiger partial charge in [-0.1, -0.05) is 44.2 Å². The molecule has 39 heavy (non-hydrogen) atoms. The predicted octanol–water partition coefficient (Wildman–Crippen LogP) is 3.36. The number of hydrogen-bond acceptors (Lipinski definition) is 9. The summed E-state index contributed by atoms with van der Waals surface area (Å²) in [6.07, 6.45) is 2.04. The molecule has 0 radical (unpaired) electrons. The van der Waals surface area contributed by atoms with E-state index >= 15 is 0 Å². The van der Waals surface area contributed by atoms with Crippen LogP contribution in [-0.4, -0.2) is 87.6 Å². The molecule has 210 valence electrons. The highest BCUT2D eigenvalue weighted by molar-refractivity contribution is 7.69. The van der Waals surface area contributed by atoms with Crippen LogP contribution in [0.25, 0.3) is 10.9 Å². The lowest BCUT2D eigenvalue weighted by molar-refractivity contribution is -0.134. The van der Waals surface area contributed by atoms with E-state index in [9.17, 15) is 14.1 Å². The van der Waals surface area contributed by atoms with Crippen LogP contribution in [0.4, 0.5) is 5.69 Å². The van der Waals surface area contributed by atoms with Gasteiger partial charge in [0.15, 0.2) is 17.5 Å². The van der Waals surface area contributed by atoms with Gasteiger partial charge in [0, 0.05) is 51.4 Å². The summed E-state index contributed by atoms with van der Waals surface area (Å²) in [5.74, 6) is 0.308. The van der Waals surface area contributed by atoms with E-state index in [1.807, 2.05) is 50.2 Å². The summed E-state index contributed by atoms with van der Waals surface area (Å²) in [5.41, 5.74) is 1.96. The monoisotopic (exact) mass is 555 g/mol. The fourth-order valence-corrected chi connectivity index (χ4v) is 5.45. The molecule has 0 bridgehead atoms. The number of amides is 1. The van der Waals surface area contributed by atoms with Crippen LogP contribution in [0.5, 0.6) is 5.75 Å². The lowest BCUT2D eigenvalue weighted by Gasteiger charge is -2.32. The van der Waals surface area contributed by atoms with Crippen LogP contribution in [0.3, 0.4) is 0 Å². The molecule has 2 heterocycles. The van der Waals surface area contributed by atoms with E-state index in [-0.39, 0.29) is 24.7 Å². The number of ether oxygens (including phenoxy) is 1. The van der Waals surface area contributed by atoms with Crippen LogP contribution < -0.4 is 4.74 Å². The van der Waals surface area contributed by atoms with Crippen molar-refractivity contribution in [3.05, 3.63) is 66.4 Å². The maximum absolute atomic E-state index is 13.3. The number of aromatic nitrogens is 1. The number of fused-ring (bicyclic) bond motifs is 1. The second-order valence-electron chi connectivity index (χ2n) is 9.44. The van der Waals surface area contributed by atoms with E-state index in [0.717, 1.165) is 18.5 Å². The lowest BCUT2D eigenvalue weighted by Crippen LogP contribution is -2.40. The molecule has 0 spiro atoms. The first kappa shape index (κ1) is 28.9. The van der Waals surface area contributed by atoms with Crippen molar-refractivity contribution >= 4 is 33.4 Å². The van der Waals surface area contributed by atoms with Gasteiger partial charge in [-0.05, 0) is 36.2 Å². The van der Waals surface area contributed by atoms with E-state index in [1.54, 1.807) is 41.4 Å². The first-order chi connectivity index (χ1) is 18.9. The molecule has 1 aromatic heterocycles. The number of benzene rings is 2. The molecule has 3 aromatic rings. The average molecular weight is 556 g/mol. The molecule has 4 rings (SSSR count). The van der Waals surface area contributed by atoms with Crippen molar-refractivity contribution in [1.29, 1.82) is 0 Å². The van der Waals surface area contributed by atoms with Gasteiger partial charge in [-0.25, -0.2) is 4.21 Å². The number of likely N-dealkylation sites (tertiary alicyclic amines) is 1. The van der Waals surface area contributed by atoms with Crippen LogP contribution >= 0.6 is 0 Å². The Morgan fingerprint density at radius 2 is 1.95 bits per heavy atom. The van der Waals surface area contributed by atoms with Gasteiger partial charge >= 0.3 is 0 Å². The van der Waals surface area contributed by atoms with Gasteiger partial charge in [-0.3, -0.25) is 14.7 Å². The number of nitrogens with zero attached hydrogens (tertiary/aromatic N) is 5. The lowest BCUT2D eigenvalue weighted by atomic mass is 10.0. The number of carbonyl (C=O) groups is 1. The second-order valence-corrected chi connectivity index (χ2v) is 10.3. The van der Waals surface area contributed by atoms with E-state index in [0.29, 0.717) is 48.5 Å². The van der Waals surface area contributed by atoms with Gasteiger partial charge in [-0.15, -0.1) is 0 Å². The van der Waals surface area contributed by atoms with Gasteiger partial charge < -0.3 is 14.7 Å². The Labute approximate surface area is 231 Å². The van der Waals surface area contributed by atoms with Gasteiger partial charge in [0.05, 0.1) is 12.1 Å². The molecule has 0 saturated carbocycles. The molecule has 1 saturated heterocycles. The first-order valence-electron chi connectivity index (χ1n) is 13.2.